The first kappa shape index (κ1) is 10.3. The largest absolute Gasteiger partial charge is 0.395 e. The first-order valence-corrected chi connectivity index (χ1v) is 5.20. The lowest BCUT2D eigenvalue weighted by atomic mass is 9.51. The van der Waals surface area contributed by atoms with Crippen LogP contribution < -0.4 is 5.73 Å². The molecule has 2 aliphatic rings. The molecule has 0 atom stereocenters. The van der Waals surface area contributed by atoms with Crippen LogP contribution in [-0.2, 0) is 0 Å². The highest BCUT2D eigenvalue weighted by atomic mass is 19.4. The molecule has 0 heterocycles. The fraction of sp³-hybridized carbons (Fsp3) is 1.00. The van der Waals surface area contributed by atoms with E-state index >= 15 is 0 Å². The molecule has 0 unspecified atom stereocenters. The van der Waals surface area contributed by atoms with E-state index in [-0.39, 0.29) is 24.8 Å². The quantitative estimate of drug-likeness (QED) is 0.703. The van der Waals surface area contributed by atoms with E-state index < -0.39 is 11.6 Å². The molecule has 1 spiro atoms. The zero-order valence-electron chi connectivity index (χ0n) is 8.16. The van der Waals surface area contributed by atoms with E-state index in [1.54, 1.807) is 0 Å². The van der Waals surface area contributed by atoms with Crippen LogP contribution in [0, 0.1) is 10.8 Å². The number of hydrogen-bond donors (Lipinski definition) is 1. The SMILES string of the molecule is NCC1(C(F)(F)F)CC2(CCCC2)C1. The minimum absolute atomic E-state index is 0.00882. The van der Waals surface area contributed by atoms with Gasteiger partial charge in [0.25, 0.3) is 0 Å². The van der Waals surface area contributed by atoms with Crippen molar-refractivity contribution >= 4 is 0 Å². The molecule has 2 N–H and O–H groups in total. The average molecular weight is 207 g/mol. The molecule has 2 rings (SSSR count). The highest BCUT2D eigenvalue weighted by Gasteiger charge is 2.66. The molecule has 0 saturated heterocycles. The summed E-state index contributed by atoms with van der Waals surface area (Å²) in [6, 6.07) is 0. The monoisotopic (exact) mass is 207 g/mol. The molecule has 0 aromatic carbocycles. The third kappa shape index (κ3) is 1.27. The molecule has 0 aromatic heterocycles. The Kier molecular flexibility index (Phi) is 2.11. The lowest BCUT2D eigenvalue weighted by Gasteiger charge is -2.55. The highest BCUT2D eigenvalue weighted by molar-refractivity contribution is 5.08. The van der Waals surface area contributed by atoms with Crippen LogP contribution in [0.5, 0.6) is 0 Å². The molecule has 0 aliphatic heterocycles. The fourth-order valence-corrected chi connectivity index (χ4v) is 3.32. The summed E-state index contributed by atoms with van der Waals surface area (Å²) in [5.41, 5.74) is 3.75. The van der Waals surface area contributed by atoms with Crippen LogP contribution in [0.2, 0.25) is 0 Å². The molecule has 14 heavy (non-hydrogen) atoms. The number of alkyl halides is 3. The smallest absolute Gasteiger partial charge is 0.330 e. The number of halogens is 3. The minimum Gasteiger partial charge on any atom is -0.330 e. The van der Waals surface area contributed by atoms with Gasteiger partial charge in [-0.05, 0) is 31.1 Å². The minimum atomic E-state index is -4.10. The Balaban J connectivity index is 2.07. The average Bonchev–Trinajstić information content (AvgIpc) is 2.46. The fourth-order valence-electron chi connectivity index (χ4n) is 3.32. The van der Waals surface area contributed by atoms with Crippen LogP contribution in [0.3, 0.4) is 0 Å². The molecule has 0 aromatic rings. The van der Waals surface area contributed by atoms with Gasteiger partial charge in [0.05, 0.1) is 5.41 Å². The van der Waals surface area contributed by atoms with Gasteiger partial charge in [0.2, 0.25) is 0 Å². The molecule has 4 heteroatoms. The van der Waals surface area contributed by atoms with E-state index in [1.807, 2.05) is 0 Å². The Morgan fingerprint density at radius 1 is 1.07 bits per heavy atom. The second-order valence-electron chi connectivity index (χ2n) is 5.04. The molecule has 2 fully saturated rings. The van der Waals surface area contributed by atoms with Crippen molar-refractivity contribution in [2.75, 3.05) is 6.54 Å². The summed E-state index contributed by atoms with van der Waals surface area (Å²) < 4.78 is 38.1. The van der Waals surface area contributed by atoms with Crippen LogP contribution in [0.25, 0.3) is 0 Å². The molecule has 2 aliphatic carbocycles. The van der Waals surface area contributed by atoms with Crippen molar-refractivity contribution in [2.45, 2.75) is 44.7 Å². The first-order chi connectivity index (χ1) is 6.43. The summed E-state index contributed by atoms with van der Waals surface area (Å²) in [4.78, 5) is 0. The lowest BCUT2D eigenvalue weighted by molar-refractivity contribution is -0.277. The van der Waals surface area contributed by atoms with E-state index in [1.165, 1.54) is 0 Å². The number of hydrogen-bond acceptors (Lipinski definition) is 1. The van der Waals surface area contributed by atoms with Gasteiger partial charge in [-0.25, -0.2) is 0 Å². The topological polar surface area (TPSA) is 26.0 Å². The van der Waals surface area contributed by atoms with Crippen molar-refractivity contribution in [3.05, 3.63) is 0 Å². The van der Waals surface area contributed by atoms with Gasteiger partial charge in [0.1, 0.15) is 0 Å². The van der Waals surface area contributed by atoms with Crippen LogP contribution in [0.4, 0.5) is 13.2 Å². The molecular formula is C10H16F3N. The van der Waals surface area contributed by atoms with Crippen molar-refractivity contribution in [2.24, 2.45) is 16.6 Å². The highest BCUT2D eigenvalue weighted by Crippen LogP contribution is 2.66. The first-order valence-electron chi connectivity index (χ1n) is 5.20. The van der Waals surface area contributed by atoms with Gasteiger partial charge in [-0.3, -0.25) is 0 Å². The third-order valence-electron chi connectivity index (χ3n) is 4.08. The van der Waals surface area contributed by atoms with E-state index in [4.69, 9.17) is 5.73 Å². The number of nitrogens with two attached hydrogens (primary N) is 1. The summed E-state index contributed by atoms with van der Waals surface area (Å²) in [7, 11) is 0. The van der Waals surface area contributed by atoms with Gasteiger partial charge < -0.3 is 5.73 Å². The van der Waals surface area contributed by atoms with Crippen LogP contribution >= 0.6 is 0 Å². The lowest BCUT2D eigenvalue weighted by Crippen LogP contribution is -2.57. The molecule has 0 bridgehead atoms. The van der Waals surface area contributed by atoms with Crippen LogP contribution in [-0.4, -0.2) is 12.7 Å². The molecular weight excluding hydrogens is 191 g/mol. The van der Waals surface area contributed by atoms with Gasteiger partial charge in [-0.1, -0.05) is 12.8 Å². The Morgan fingerprint density at radius 3 is 1.93 bits per heavy atom. The summed E-state index contributed by atoms with van der Waals surface area (Å²) in [6.07, 6.45) is 0.599. The molecule has 1 nitrogen and oxygen atoms in total. The van der Waals surface area contributed by atoms with Crippen molar-refractivity contribution in [1.29, 1.82) is 0 Å². The predicted molar refractivity (Wildman–Crippen MR) is 47.7 cm³/mol. The van der Waals surface area contributed by atoms with E-state index in [0.717, 1.165) is 25.7 Å². The second-order valence-corrected chi connectivity index (χ2v) is 5.04. The Hall–Kier alpha value is -0.250. The van der Waals surface area contributed by atoms with Gasteiger partial charge in [0, 0.05) is 6.54 Å². The molecule has 82 valence electrons. The van der Waals surface area contributed by atoms with E-state index in [9.17, 15) is 13.2 Å². The van der Waals surface area contributed by atoms with Gasteiger partial charge >= 0.3 is 6.18 Å². The molecule has 0 radical (unpaired) electrons. The zero-order valence-corrected chi connectivity index (χ0v) is 8.16. The standard InChI is InChI=1S/C10H16F3N/c11-10(12,13)9(7-14)5-8(6-9)3-1-2-4-8/h1-7,14H2. The van der Waals surface area contributed by atoms with Crippen molar-refractivity contribution in [3.8, 4) is 0 Å². The van der Waals surface area contributed by atoms with Gasteiger partial charge in [-0.15, -0.1) is 0 Å². The summed E-state index contributed by atoms with van der Waals surface area (Å²) in [6.45, 7) is -0.238. The van der Waals surface area contributed by atoms with E-state index in [2.05, 4.69) is 0 Å². The maximum Gasteiger partial charge on any atom is 0.395 e. The van der Waals surface area contributed by atoms with Crippen LogP contribution in [0.15, 0.2) is 0 Å². The Bertz CT molecular complexity index is 220. The van der Waals surface area contributed by atoms with Gasteiger partial charge in [0.15, 0.2) is 0 Å². The van der Waals surface area contributed by atoms with Crippen LogP contribution in [0.1, 0.15) is 38.5 Å². The molecule has 2 saturated carbocycles. The third-order valence-corrected chi connectivity index (χ3v) is 4.08. The predicted octanol–water partition coefficient (Wildman–Crippen LogP) is 2.85. The maximum atomic E-state index is 12.7. The van der Waals surface area contributed by atoms with Crippen molar-refractivity contribution < 1.29 is 13.2 Å². The normalized spacial score (nSPS) is 29.1. The second kappa shape index (κ2) is 2.87. The Morgan fingerprint density at radius 2 is 1.57 bits per heavy atom. The van der Waals surface area contributed by atoms with Crippen molar-refractivity contribution in [1.82, 2.24) is 0 Å². The summed E-state index contributed by atoms with van der Waals surface area (Å²) >= 11 is 0. The maximum absolute atomic E-state index is 12.7. The Labute approximate surface area is 81.8 Å². The van der Waals surface area contributed by atoms with E-state index in [0.29, 0.717) is 0 Å². The zero-order chi connectivity index (χ0) is 10.4. The van der Waals surface area contributed by atoms with Gasteiger partial charge in [-0.2, -0.15) is 13.2 Å². The van der Waals surface area contributed by atoms with Crippen molar-refractivity contribution in [3.63, 3.8) is 0 Å². The summed E-state index contributed by atoms with van der Waals surface area (Å²) in [5, 5.41) is 0. The molecule has 0 amide bonds. The number of rotatable bonds is 1. The summed E-state index contributed by atoms with van der Waals surface area (Å²) in [5.74, 6) is 0.